The van der Waals surface area contributed by atoms with E-state index in [1.807, 2.05) is 58.0 Å². The lowest BCUT2D eigenvalue weighted by Gasteiger charge is -2.23. The molecule has 0 unspecified atom stereocenters. The van der Waals surface area contributed by atoms with Crippen LogP contribution in [0.2, 0.25) is 0 Å². The largest absolute Gasteiger partial charge is 0.497 e. The molecule has 6 nitrogen and oxygen atoms in total. The number of aryl methyl sites for hydroxylation is 1. The van der Waals surface area contributed by atoms with Gasteiger partial charge in [0.15, 0.2) is 5.96 Å². The molecule has 0 aliphatic heterocycles. The van der Waals surface area contributed by atoms with E-state index in [1.165, 1.54) is 0 Å². The first-order valence-corrected chi connectivity index (χ1v) is 8.79. The topological polar surface area (TPSA) is 78.1 Å². The number of hydrogen-bond acceptors (Lipinski definition) is 4. The number of nitrogens with one attached hydrogen (secondary N) is 1. The third kappa shape index (κ3) is 6.09. The van der Waals surface area contributed by atoms with E-state index in [2.05, 4.69) is 10.3 Å². The van der Waals surface area contributed by atoms with Crippen molar-refractivity contribution in [2.24, 2.45) is 10.7 Å². The summed E-state index contributed by atoms with van der Waals surface area (Å²) in [7, 11) is 3.21. The molecule has 0 bridgehead atoms. The van der Waals surface area contributed by atoms with Crippen molar-refractivity contribution in [3.8, 4) is 17.2 Å². The second-order valence-electron chi connectivity index (χ2n) is 7.22. The van der Waals surface area contributed by atoms with Gasteiger partial charge in [-0.1, -0.05) is 12.1 Å². The third-order valence-corrected chi connectivity index (χ3v) is 3.73. The lowest BCUT2D eigenvalue weighted by Crippen LogP contribution is -2.24. The predicted octanol–water partition coefficient (Wildman–Crippen LogP) is 4.12. The summed E-state index contributed by atoms with van der Waals surface area (Å²) in [5, 5.41) is 3.07. The highest BCUT2D eigenvalue weighted by Crippen LogP contribution is 2.29. The van der Waals surface area contributed by atoms with Gasteiger partial charge < -0.3 is 25.3 Å². The van der Waals surface area contributed by atoms with Gasteiger partial charge >= 0.3 is 0 Å². The Balaban J connectivity index is 2.19. The Morgan fingerprint density at radius 2 is 1.78 bits per heavy atom. The molecule has 0 atom stereocenters. The molecule has 0 saturated carbocycles. The Morgan fingerprint density at radius 1 is 1.04 bits per heavy atom. The molecular weight excluding hydrogens is 342 g/mol. The van der Waals surface area contributed by atoms with Crippen molar-refractivity contribution in [1.82, 2.24) is 0 Å². The molecule has 2 aromatic rings. The van der Waals surface area contributed by atoms with Crippen molar-refractivity contribution in [3.05, 3.63) is 47.5 Å². The standard InChI is InChI=1S/C21H29N3O3/c1-14-7-8-15(19(11-14)27-21(2,3)4)13-23-20(22)24-17-12-16(25-5)9-10-18(17)26-6/h7-12H,13H2,1-6H3,(H3,22,23,24). The molecule has 0 saturated heterocycles. The summed E-state index contributed by atoms with van der Waals surface area (Å²) >= 11 is 0. The van der Waals surface area contributed by atoms with Crippen LogP contribution in [0.5, 0.6) is 17.2 Å². The minimum Gasteiger partial charge on any atom is -0.497 e. The molecule has 2 rings (SSSR count). The molecule has 0 spiro atoms. The van der Waals surface area contributed by atoms with E-state index in [9.17, 15) is 0 Å². The highest BCUT2D eigenvalue weighted by Gasteiger charge is 2.15. The fraction of sp³-hybridized carbons (Fsp3) is 0.381. The Labute approximate surface area is 161 Å². The maximum atomic E-state index is 6.08. The van der Waals surface area contributed by atoms with E-state index >= 15 is 0 Å². The molecule has 0 heterocycles. The number of methoxy groups -OCH3 is 2. The average Bonchev–Trinajstić information content (AvgIpc) is 2.59. The van der Waals surface area contributed by atoms with Crippen LogP contribution in [0.1, 0.15) is 31.9 Å². The van der Waals surface area contributed by atoms with Crippen LogP contribution in [0, 0.1) is 6.92 Å². The van der Waals surface area contributed by atoms with Crippen LogP contribution in [0.3, 0.4) is 0 Å². The minimum atomic E-state index is -0.288. The average molecular weight is 371 g/mol. The Kier molecular flexibility index (Phi) is 6.55. The van der Waals surface area contributed by atoms with E-state index in [1.54, 1.807) is 20.3 Å². The molecule has 0 aliphatic carbocycles. The second kappa shape index (κ2) is 8.66. The number of rotatable bonds is 6. The smallest absolute Gasteiger partial charge is 0.193 e. The summed E-state index contributed by atoms with van der Waals surface area (Å²) in [5.41, 5.74) is 8.58. The number of nitrogens with zero attached hydrogens (tertiary/aromatic N) is 1. The fourth-order valence-electron chi connectivity index (χ4n) is 2.48. The van der Waals surface area contributed by atoms with Gasteiger partial charge in [-0.25, -0.2) is 4.99 Å². The van der Waals surface area contributed by atoms with Crippen LogP contribution >= 0.6 is 0 Å². The molecule has 2 aromatic carbocycles. The first-order chi connectivity index (χ1) is 12.7. The zero-order chi connectivity index (χ0) is 20.0. The quantitative estimate of drug-likeness (QED) is 0.590. The molecule has 0 fully saturated rings. The van der Waals surface area contributed by atoms with E-state index in [4.69, 9.17) is 19.9 Å². The molecule has 0 amide bonds. The minimum absolute atomic E-state index is 0.281. The first kappa shape index (κ1) is 20.4. The van der Waals surface area contributed by atoms with Crippen LogP contribution in [-0.4, -0.2) is 25.8 Å². The van der Waals surface area contributed by atoms with Gasteiger partial charge in [-0.2, -0.15) is 0 Å². The van der Waals surface area contributed by atoms with Crippen LogP contribution in [0.15, 0.2) is 41.4 Å². The van der Waals surface area contributed by atoms with Crippen molar-refractivity contribution < 1.29 is 14.2 Å². The van der Waals surface area contributed by atoms with Crippen LogP contribution in [-0.2, 0) is 6.54 Å². The number of aliphatic imine (C=N–C) groups is 1. The van der Waals surface area contributed by atoms with E-state index in [-0.39, 0.29) is 11.6 Å². The summed E-state index contributed by atoms with van der Waals surface area (Å²) in [4.78, 5) is 4.45. The van der Waals surface area contributed by atoms with Crippen molar-refractivity contribution >= 4 is 11.6 Å². The first-order valence-electron chi connectivity index (χ1n) is 8.79. The zero-order valence-corrected chi connectivity index (χ0v) is 16.9. The SMILES string of the molecule is COc1ccc(OC)c(NC(N)=NCc2ccc(C)cc2OC(C)(C)C)c1. The van der Waals surface area contributed by atoms with Gasteiger partial charge in [0.1, 0.15) is 22.8 Å². The van der Waals surface area contributed by atoms with Gasteiger partial charge in [-0.15, -0.1) is 0 Å². The number of anilines is 1. The van der Waals surface area contributed by atoms with Gasteiger partial charge in [0, 0.05) is 11.6 Å². The summed E-state index contributed by atoms with van der Waals surface area (Å²) in [6.07, 6.45) is 0. The van der Waals surface area contributed by atoms with Crippen molar-refractivity contribution in [2.45, 2.75) is 39.8 Å². The monoisotopic (exact) mass is 371 g/mol. The normalized spacial score (nSPS) is 11.9. The van der Waals surface area contributed by atoms with E-state index < -0.39 is 0 Å². The van der Waals surface area contributed by atoms with Crippen molar-refractivity contribution in [2.75, 3.05) is 19.5 Å². The number of guanidine groups is 1. The van der Waals surface area contributed by atoms with Crippen LogP contribution in [0.25, 0.3) is 0 Å². The molecular formula is C21H29N3O3. The van der Waals surface area contributed by atoms with Gasteiger partial charge in [0.05, 0.1) is 26.5 Å². The Bertz CT molecular complexity index is 811. The summed E-state index contributed by atoms with van der Waals surface area (Å²) < 4.78 is 16.7. The predicted molar refractivity (Wildman–Crippen MR) is 110 cm³/mol. The van der Waals surface area contributed by atoms with Crippen LogP contribution in [0.4, 0.5) is 5.69 Å². The highest BCUT2D eigenvalue weighted by atomic mass is 16.5. The maximum Gasteiger partial charge on any atom is 0.193 e. The molecule has 146 valence electrons. The molecule has 0 radical (unpaired) electrons. The lowest BCUT2D eigenvalue weighted by molar-refractivity contribution is 0.129. The second-order valence-corrected chi connectivity index (χ2v) is 7.22. The van der Waals surface area contributed by atoms with Gasteiger partial charge in [0.25, 0.3) is 0 Å². The molecule has 0 aliphatic rings. The van der Waals surface area contributed by atoms with Gasteiger partial charge in [0.2, 0.25) is 0 Å². The number of nitrogens with two attached hydrogens (primary N) is 1. The van der Waals surface area contributed by atoms with Crippen LogP contribution < -0.4 is 25.3 Å². The molecule has 6 heteroatoms. The highest BCUT2D eigenvalue weighted by molar-refractivity contribution is 5.94. The number of hydrogen-bond donors (Lipinski definition) is 2. The molecule has 0 aromatic heterocycles. The van der Waals surface area contributed by atoms with E-state index in [0.29, 0.717) is 23.7 Å². The fourth-order valence-corrected chi connectivity index (χ4v) is 2.48. The van der Waals surface area contributed by atoms with Crippen molar-refractivity contribution in [3.63, 3.8) is 0 Å². The zero-order valence-electron chi connectivity index (χ0n) is 16.9. The molecule has 3 N–H and O–H groups in total. The summed E-state index contributed by atoms with van der Waals surface area (Å²) in [6.45, 7) is 8.50. The van der Waals surface area contributed by atoms with Gasteiger partial charge in [-0.05, 0) is 51.5 Å². The molecule has 27 heavy (non-hydrogen) atoms. The Hall–Kier alpha value is -2.89. The third-order valence-electron chi connectivity index (χ3n) is 3.73. The summed E-state index contributed by atoms with van der Waals surface area (Å²) in [6, 6.07) is 11.5. The lowest BCUT2D eigenvalue weighted by atomic mass is 10.1. The van der Waals surface area contributed by atoms with Crippen molar-refractivity contribution in [1.29, 1.82) is 0 Å². The summed E-state index contributed by atoms with van der Waals surface area (Å²) in [5.74, 6) is 2.45. The Morgan fingerprint density at radius 3 is 2.41 bits per heavy atom. The number of benzene rings is 2. The number of ether oxygens (including phenoxy) is 3. The van der Waals surface area contributed by atoms with E-state index in [0.717, 1.165) is 16.9 Å². The maximum absolute atomic E-state index is 6.08. The van der Waals surface area contributed by atoms with Gasteiger partial charge in [-0.3, -0.25) is 0 Å².